The maximum atomic E-state index is 4.57. The summed E-state index contributed by atoms with van der Waals surface area (Å²) in [4.78, 5) is 8.67. The van der Waals surface area contributed by atoms with Crippen molar-refractivity contribution in [3.63, 3.8) is 0 Å². The summed E-state index contributed by atoms with van der Waals surface area (Å²) in [7, 11) is 0. The van der Waals surface area contributed by atoms with Crippen LogP contribution in [-0.2, 0) is 0 Å². The Morgan fingerprint density at radius 2 is 1.86 bits per heavy atom. The monoisotopic (exact) mass is 293 g/mol. The Balaban J connectivity index is 1.80. The van der Waals surface area contributed by atoms with Gasteiger partial charge in [-0.05, 0) is 60.2 Å². The van der Waals surface area contributed by atoms with Gasteiger partial charge in [0.15, 0.2) is 0 Å². The summed E-state index contributed by atoms with van der Waals surface area (Å²) >= 11 is 1.81. The predicted molar refractivity (Wildman–Crippen MR) is 89.2 cm³/mol. The number of rotatable bonds is 4. The zero-order valence-electron chi connectivity index (χ0n) is 11.5. The molecule has 0 spiro atoms. The predicted octanol–water partition coefficient (Wildman–Crippen LogP) is 4.52. The van der Waals surface area contributed by atoms with E-state index in [1.54, 1.807) is 0 Å². The van der Waals surface area contributed by atoms with E-state index in [4.69, 9.17) is 0 Å². The zero-order valence-corrected chi connectivity index (χ0v) is 12.3. The van der Waals surface area contributed by atoms with Crippen molar-refractivity contribution in [2.24, 2.45) is 0 Å². The molecule has 4 heteroatoms. The fourth-order valence-corrected chi connectivity index (χ4v) is 3.20. The molecule has 1 N–H and O–H groups in total. The van der Waals surface area contributed by atoms with Gasteiger partial charge in [-0.15, -0.1) is 0 Å². The number of nitrogens with zero attached hydrogens (tertiary/aromatic N) is 2. The van der Waals surface area contributed by atoms with Gasteiger partial charge in [-0.25, -0.2) is 0 Å². The zero-order chi connectivity index (χ0) is 14.1. The number of anilines is 1. The Labute approximate surface area is 128 Å². The van der Waals surface area contributed by atoms with Crippen LogP contribution >= 0.6 is 11.9 Å². The van der Waals surface area contributed by atoms with Crippen molar-refractivity contribution < 1.29 is 0 Å². The Morgan fingerprint density at radius 1 is 1.00 bits per heavy atom. The molecule has 0 aliphatic heterocycles. The van der Waals surface area contributed by atoms with Crippen molar-refractivity contribution in [1.82, 2.24) is 9.97 Å². The van der Waals surface area contributed by atoms with Gasteiger partial charge in [0.25, 0.3) is 0 Å². The van der Waals surface area contributed by atoms with Crippen LogP contribution in [0, 0.1) is 0 Å². The highest BCUT2D eigenvalue weighted by atomic mass is 32.2. The molecule has 0 unspecified atom stereocenters. The second kappa shape index (κ2) is 5.37. The maximum absolute atomic E-state index is 4.57. The number of hydrogen-bond donors (Lipinski definition) is 1. The molecule has 2 aromatic heterocycles. The van der Waals surface area contributed by atoms with Gasteiger partial charge in [-0.3, -0.25) is 9.97 Å². The molecule has 21 heavy (non-hydrogen) atoms. The molecule has 0 saturated heterocycles. The van der Waals surface area contributed by atoms with Crippen LogP contribution < -0.4 is 4.72 Å². The third kappa shape index (κ3) is 2.59. The van der Waals surface area contributed by atoms with Gasteiger partial charge in [-0.2, -0.15) is 0 Å². The number of pyridine rings is 2. The summed E-state index contributed by atoms with van der Waals surface area (Å²) < 4.78 is 3.47. The van der Waals surface area contributed by atoms with E-state index in [2.05, 4.69) is 32.9 Å². The molecule has 4 rings (SSSR count). The van der Waals surface area contributed by atoms with Crippen molar-refractivity contribution in [3.8, 4) is 11.1 Å². The molecule has 1 aromatic carbocycles. The third-order valence-corrected chi connectivity index (χ3v) is 4.76. The lowest BCUT2D eigenvalue weighted by Crippen LogP contribution is -1.93. The van der Waals surface area contributed by atoms with Gasteiger partial charge < -0.3 is 4.72 Å². The molecule has 1 saturated carbocycles. The number of hydrogen-bond acceptors (Lipinski definition) is 4. The fraction of sp³-hybridized carbons (Fsp3) is 0.176. The largest absolute Gasteiger partial charge is 0.328 e. The minimum absolute atomic E-state index is 0.767. The molecular weight excluding hydrogens is 278 g/mol. The molecule has 3 aromatic rings. The summed E-state index contributed by atoms with van der Waals surface area (Å²) in [5.41, 5.74) is 4.49. The van der Waals surface area contributed by atoms with E-state index in [1.807, 2.05) is 48.7 Å². The number of nitrogens with one attached hydrogen (secondary N) is 1. The van der Waals surface area contributed by atoms with Crippen molar-refractivity contribution in [2.75, 3.05) is 4.72 Å². The Bertz CT molecular complexity index is 769. The van der Waals surface area contributed by atoms with Gasteiger partial charge in [0.2, 0.25) is 0 Å². The van der Waals surface area contributed by atoms with Gasteiger partial charge in [0, 0.05) is 29.2 Å². The Morgan fingerprint density at radius 3 is 2.67 bits per heavy atom. The lowest BCUT2D eigenvalue weighted by molar-refractivity contribution is 1.33. The second-order valence-electron chi connectivity index (χ2n) is 5.22. The standard InChI is InChI=1S/C17H15N3S/c1-2-15-14(12-7-10-18-11-8-12)5-6-16(17(15)19-9-1)20-21-13-3-4-13/h1-2,5-11,13,20H,3-4H2. The summed E-state index contributed by atoms with van der Waals surface area (Å²) in [6.45, 7) is 0. The lowest BCUT2D eigenvalue weighted by atomic mass is 10.0. The van der Waals surface area contributed by atoms with Crippen LogP contribution in [0.3, 0.4) is 0 Å². The first-order valence-electron chi connectivity index (χ1n) is 7.11. The second-order valence-corrected chi connectivity index (χ2v) is 6.32. The molecule has 0 amide bonds. The summed E-state index contributed by atoms with van der Waals surface area (Å²) in [5.74, 6) is 0. The van der Waals surface area contributed by atoms with E-state index in [0.29, 0.717) is 0 Å². The molecule has 0 bridgehead atoms. The van der Waals surface area contributed by atoms with E-state index in [9.17, 15) is 0 Å². The summed E-state index contributed by atoms with van der Waals surface area (Å²) in [6, 6.07) is 12.5. The smallest absolute Gasteiger partial charge is 0.0947 e. The van der Waals surface area contributed by atoms with Crippen LogP contribution in [0.4, 0.5) is 5.69 Å². The van der Waals surface area contributed by atoms with Crippen molar-refractivity contribution in [3.05, 3.63) is 55.0 Å². The van der Waals surface area contributed by atoms with Gasteiger partial charge >= 0.3 is 0 Å². The highest BCUT2D eigenvalue weighted by molar-refractivity contribution is 8.01. The molecule has 1 fully saturated rings. The first kappa shape index (κ1) is 12.7. The van der Waals surface area contributed by atoms with Crippen molar-refractivity contribution >= 4 is 28.5 Å². The van der Waals surface area contributed by atoms with Crippen LogP contribution in [-0.4, -0.2) is 15.2 Å². The first-order chi connectivity index (χ1) is 10.4. The molecule has 2 heterocycles. The third-order valence-electron chi connectivity index (χ3n) is 3.62. The van der Waals surface area contributed by atoms with Crippen LogP contribution in [0.2, 0.25) is 0 Å². The highest BCUT2D eigenvalue weighted by Crippen LogP contribution is 2.37. The van der Waals surface area contributed by atoms with Crippen LogP contribution in [0.1, 0.15) is 12.8 Å². The minimum Gasteiger partial charge on any atom is -0.328 e. The fourth-order valence-electron chi connectivity index (χ4n) is 2.37. The topological polar surface area (TPSA) is 37.8 Å². The maximum Gasteiger partial charge on any atom is 0.0947 e. The normalized spacial score (nSPS) is 14.3. The molecule has 1 aliphatic rings. The molecule has 3 nitrogen and oxygen atoms in total. The van der Waals surface area contributed by atoms with Gasteiger partial charge in [-0.1, -0.05) is 12.1 Å². The molecule has 104 valence electrons. The van der Waals surface area contributed by atoms with Crippen LogP contribution in [0.5, 0.6) is 0 Å². The van der Waals surface area contributed by atoms with E-state index in [0.717, 1.165) is 16.5 Å². The summed E-state index contributed by atoms with van der Waals surface area (Å²) in [6.07, 6.45) is 8.14. The SMILES string of the molecule is c1cnc2c(NSC3CC3)ccc(-c3ccncc3)c2c1. The average molecular weight is 293 g/mol. The minimum atomic E-state index is 0.767. The number of benzene rings is 1. The summed E-state index contributed by atoms with van der Waals surface area (Å²) in [5, 5.41) is 1.94. The molecule has 1 aliphatic carbocycles. The van der Waals surface area contributed by atoms with E-state index < -0.39 is 0 Å². The number of fused-ring (bicyclic) bond motifs is 1. The quantitative estimate of drug-likeness (QED) is 0.718. The van der Waals surface area contributed by atoms with Crippen molar-refractivity contribution in [2.45, 2.75) is 18.1 Å². The van der Waals surface area contributed by atoms with Crippen LogP contribution in [0.25, 0.3) is 22.0 Å². The van der Waals surface area contributed by atoms with E-state index in [1.165, 1.54) is 29.4 Å². The van der Waals surface area contributed by atoms with E-state index in [-0.39, 0.29) is 0 Å². The van der Waals surface area contributed by atoms with Crippen molar-refractivity contribution in [1.29, 1.82) is 0 Å². The Kier molecular flexibility index (Phi) is 3.24. The molecule has 0 atom stereocenters. The lowest BCUT2D eigenvalue weighted by Gasteiger charge is -2.11. The molecule has 0 radical (unpaired) electrons. The van der Waals surface area contributed by atoms with Crippen LogP contribution in [0.15, 0.2) is 55.0 Å². The highest BCUT2D eigenvalue weighted by Gasteiger charge is 2.22. The Hall–Kier alpha value is -2.07. The average Bonchev–Trinajstić information content (AvgIpc) is 3.38. The first-order valence-corrected chi connectivity index (χ1v) is 7.99. The van der Waals surface area contributed by atoms with E-state index >= 15 is 0 Å². The molecular formula is C17H15N3S. The van der Waals surface area contributed by atoms with Gasteiger partial charge in [0.1, 0.15) is 0 Å². The van der Waals surface area contributed by atoms with Gasteiger partial charge in [0.05, 0.1) is 11.2 Å². The number of aromatic nitrogens is 2.